The Kier molecular flexibility index (Phi) is 7.50. The van der Waals surface area contributed by atoms with Crippen LogP contribution in [0.25, 0.3) is 0 Å². The van der Waals surface area contributed by atoms with Gasteiger partial charge in [-0.1, -0.05) is 38.3 Å². The molecule has 7 heteroatoms. The fourth-order valence-corrected chi connectivity index (χ4v) is 3.10. The van der Waals surface area contributed by atoms with E-state index in [1.54, 1.807) is 12.1 Å². The second-order valence-electron chi connectivity index (χ2n) is 6.33. The Balaban J connectivity index is 2.08. The zero-order valence-corrected chi connectivity index (χ0v) is 14.5. The van der Waals surface area contributed by atoms with Crippen molar-refractivity contribution in [3.8, 4) is 5.75 Å². The zero-order chi connectivity index (χ0) is 18.3. The summed E-state index contributed by atoms with van der Waals surface area (Å²) in [5.41, 5.74) is 1.01. The first kappa shape index (κ1) is 20.0. The van der Waals surface area contributed by atoms with Crippen molar-refractivity contribution in [3.05, 3.63) is 29.8 Å². The van der Waals surface area contributed by atoms with Crippen LogP contribution in [0, 0.1) is 0 Å². The van der Waals surface area contributed by atoms with Crippen LogP contribution in [0.4, 0.5) is 17.6 Å². The fourth-order valence-electron chi connectivity index (χ4n) is 3.10. The van der Waals surface area contributed by atoms with Gasteiger partial charge in [-0.25, -0.2) is 0 Å². The molecule has 3 nitrogen and oxygen atoms in total. The van der Waals surface area contributed by atoms with E-state index in [1.165, 1.54) is 12.1 Å². The van der Waals surface area contributed by atoms with Gasteiger partial charge in [0, 0.05) is 32.2 Å². The molecule has 25 heavy (non-hydrogen) atoms. The van der Waals surface area contributed by atoms with Crippen molar-refractivity contribution < 1.29 is 22.3 Å². The number of nitrogens with zero attached hydrogens (tertiary/aromatic N) is 1. The van der Waals surface area contributed by atoms with Gasteiger partial charge in [0.25, 0.3) is 0 Å². The fraction of sp³-hybridized carbons (Fsp3) is 0.667. The molecule has 1 atom stereocenters. The molecule has 1 aromatic carbocycles. The monoisotopic (exact) mass is 362 g/mol. The van der Waals surface area contributed by atoms with E-state index in [0.29, 0.717) is 0 Å². The Morgan fingerprint density at radius 2 is 1.76 bits per heavy atom. The van der Waals surface area contributed by atoms with Crippen LogP contribution in [0.1, 0.15) is 44.2 Å². The molecule has 0 unspecified atom stereocenters. The molecule has 1 N–H and O–H groups in total. The second-order valence-corrected chi connectivity index (χ2v) is 6.33. The maximum Gasteiger partial charge on any atom is 0.461 e. The normalized spacial score (nSPS) is 17.7. The molecular formula is C18H26F4N2O. The average Bonchev–Trinajstić information content (AvgIpc) is 2.60. The first-order valence-electron chi connectivity index (χ1n) is 8.83. The Morgan fingerprint density at radius 3 is 2.32 bits per heavy atom. The highest BCUT2D eigenvalue weighted by molar-refractivity contribution is 5.29. The molecule has 1 aromatic rings. The Hall–Kier alpha value is -1.34. The first-order chi connectivity index (χ1) is 11.9. The molecule has 1 aliphatic heterocycles. The largest absolute Gasteiger partial charge is 0.461 e. The Bertz CT molecular complexity index is 504. The molecule has 0 aliphatic carbocycles. The minimum absolute atomic E-state index is 0.207. The van der Waals surface area contributed by atoms with E-state index in [4.69, 9.17) is 0 Å². The number of rotatable bonds is 9. The lowest BCUT2D eigenvalue weighted by atomic mass is 9.98. The molecular weight excluding hydrogens is 336 g/mol. The van der Waals surface area contributed by atoms with Crippen molar-refractivity contribution in [2.75, 3.05) is 26.2 Å². The first-order valence-corrected chi connectivity index (χ1v) is 8.83. The van der Waals surface area contributed by atoms with Gasteiger partial charge in [-0.15, -0.1) is 0 Å². The third-order valence-electron chi connectivity index (χ3n) is 4.45. The van der Waals surface area contributed by atoms with Crippen molar-refractivity contribution in [3.63, 3.8) is 0 Å². The summed E-state index contributed by atoms with van der Waals surface area (Å²) in [7, 11) is 0. The number of piperazine rings is 1. The third kappa shape index (κ3) is 5.85. The molecule has 1 saturated heterocycles. The summed E-state index contributed by atoms with van der Waals surface area (Å²) in [6, 6.07) is 6.31. The molecule has 0 radical (unpaired) electrons. The minimum Gasteiger partial charge on any atom is -0.428 e. The molecule has 1 heterocycles. The van der Waals surface area contributed by atoms with E-state index in [2.05, 4.69) is 21.9 Å². The molecule has 0 aromatic heterocycles. The predicted octanol–water partition coefficient (Wildman–Crippen LogP) is 4.45. The highest BCUT2D eigenvalue weighted by atomic mass is 19.3. The van der Waals surface area contributed by atoms with Crippen molar-refractivity contribution in [1.29, 1.82) is 0 Å². The molecule has 1 fully saturated rings. The molecule has 0 bridgehead atoms. The summed E-state index contributed by atoms with van der Waals surface area (Å²) in [6.45, 7) is 5.85. The highest BCUT2D eigenvalue weighted by Gasteiger charge is 2.43. The van der Waals surface area contributed by atoms with Gasteiger partial charge < -0.3 is 10.1 Å². The second kappa shape index (κ2) is 9.38. The summed E-state index contributed by atoms with van der Waals surface area (Å²) in [5, 5.41) is 3.32. The van der Waals surface area contributed by atoms with Crippen LogP contribution in [-0.2, 0) is 0 Å². The number of alkyl halides is 4. The summed E-state index contributed by atoms with van der Waals surface area (Å²) >= 11 is 0. The molecule has 142 valence electrons. The van der Waals surface area contributed by atoms with Gasteiger partial charge >= 0.3 is 12.5 Å². The maximum atomic E-state index is 13.0. The zero-order valence-electron chi connectivity index (χ0n) is 14.5. The smallest absolute Gasteiger partial charge is 0.428 e. The molecule has 0 saturated carbocycles. The lowest BCUT2D eigenvalue weighted by Gasteiger charge is -2.35. The summed E-state index contributed by atoms with van der Waals surface area (Å²) in [6.07, 6.45) is -3.97. The van der Waals surface area contributed by atoms with Gasteiger partial charge in [-0.05, 0) is 24.1 Å². The van der Waals surface area contributed by atoms with E-state index in [9.17, 15) is 17.6 Å². The van der Waals surface area contributed by atoms with E-state index >= 15 is 0 Å². The van der Waals surface area contributed by atoms with Crippen molar-refractivity contribution in [2.45, 2.75) is 51.2 Å². The van der Waals surface area contributed by atoms with Crippen LogP contribution in [0.5, 0.6) is 5.75 Å². The van der Waals surface area contributed by atoms with Crippen LogP contribution in [0.3, 0.4) is 0 Å². The summed E-state index contributed by atoms with van der Waals surface area (Å²) < 4.78 is 54.6. The number of halogens is 4. The third-order valence-corrected chi connectivity index (χ3v) is 4.45. The highest BCUT2D eigenvalue weighted by Crippen LogP contribution is 2.31. The van der Waals surface area contributed by atoms with Gasteiger partial charge in [0.1, 0.15) is 5.75 Å². The van der Waals surface area contributed by atoms with Gasteiger partial charge in [0.15, 0.2) is 0 Å². The number of hydrogen-bond acceptors (Lipinski definition) is 3. The lowest BCUT2D eigenvalue weighted by molar-refractivity contribution is -0.253. The summed E-state index contributed by atoms with van der Waals surface area (Å²) in [5.74, 6) is -0.248. The van der Waals surface area contributed by atoms with E-state index in [1.807, 2.05) is 0 Å². The van der Waals surface area contributed by atoms with Gasteiger partial charge in [0.2, 0.25) is 0 Å². The lowest BCUT2D eigenvalue weighted by Crippen LogP contribution is -2.45. The topological polar surface area (TPSA) is 24.5 Å². The minimum atomic E-state index is -4.47. The maximum absolute atomic E-state index is 13.0. The van der Waals surface area contributed by atoms with Crippen molar-refractivity contribution in [1.82, 2.24) is 10.2 Å². The number of unbranched alkanes of at least 4 members (excludes halogenated alkanes) is 2. The average molecular weight is 362 g/mol. The predicted molar refractivity (Wildman–Crippen MR) is 89.3 cm³/mol. The van der Waals surface area contributed by atoms with E-state index in [0.717, 1.165) is 57.4 Å². The van der Waals surface area contributed by atoms with Gasteiger partial charge in [-0.3, -0.25) is 4.90 Å². The van der Waals surface area contributed by atoms with Crippen LogP contribution < -0.4 is 10.1 Å². The Labute approximate surface area is 146 Å². The van der Waals surface area contributed by atoms with E-state index in [-0.39, 0.29) is 11.8 Å². The quantitative estimate of drug-likeness (QED) is 0.519. The van der Waals surface area contributed by atoms with Crippen LogP contribution in [-0.4, -0.2) is 43.6 Å². The number of hydrogen-bond donors (Lipinski definition) is 1. The number of nitrogens with one attached hydrogen (secondary N) is 1. The molecule has 0 amide bonds. The van der Waals surface area contributed by atoms with E-state index < -0.39 is 12.5 Å². The summed E-state index contributed by atoms with van der Waals surface area (Å²) in [4.78, 5) is 2.38. The standard InChI is InChI=1S/C18H26F4N2O/c1-2-3-4-5-16(24-12-10-23-11-13-24)14-6-8-15(9-7-14)25-18(21,22)17(19)20/h6-9,16-17,23H,2-5,10-13H2,1H3/t16-/m0/s1. The van der Waals surface area contributed by atoms with Crippen LogP contribution in [0.2, 0.25) is 0 Å². The number of benzene rings is 1. The van der Waals surface area contributed by atoms with Crippen LogP contribution in [0.15, 0.2) is 24.3 Å². The van der Waals surface area contributed by atoms with Gasteiger partial charge in [-0.2, -0.15) is 17.6 Å². The van der Waals surface area contributed by atoms with Crippen LogP contribution >= 0.6 is 0 Å². The SMILES string of the molecule is CCCCC[C@@H](c1ccc(OC(F)(F)C(F)F)cc1)N1CCNCC1. The van der Waals surface area contributed by atoms with Crippen molar-refractivity contribution >= 4 is 0 Å². The van der Waals surface area contributed by atoms with Crippen molar-refractivity contribution in [2.24, 2.45) is 0 Å². The molecule has 2 rings (SSSR count). The Morgan fingerprint density at radius 1 is 1.12 bits per heavy atom. The molecule has 1 aliphatic rings. The molecule has 0 spiro atoms. The van der Waals surface area contributed by atoms with Gasteiger partial charge in [0.05, 0.1) is 0 Å². The number of ether oxygens (including phenoxy) is 1.